The molecule has 3 rings (SSSR count). The van der Waals surface area contributed by atoms with Crippen molar-refractivity contribution in [2.24, 2.45) is 11.8 Å². The molecular weight excluding hydrogens is 338 g/mol. The number of nitrogens with zero attached hydrogens (tertiary/aromatic N) is 2. The van der Waals surface area contributed by atoms with E-state index in [1.54, 1.807) is 4.90 Å². The molecule has 2 heterocycles. The molecule has 5 nitrogen and oxygen atoms in total. The van der Waals surface area contributed by atoms with Gasteiger partial charge >= 0.3 is 0 Å². The van der Waals surface area contributed by atoms with Crippen LogP contribution in [0.4, 0.5) is 0 Å². The molecule has 148 valence electrons. The molecule has 1 aromatic rings. The lowest BCUT2D eigenvalue weighted by Gasteiger charge is -2.36. The van der Waals surface area contributed by atoms with Gasteiger partial charge in [-0.05, 0) is 43.1 Å². The van der Waals surface area contributed by atoms with Gasteiger partial charge < -0.3 is 15.1 Å². The molecule has 0 bridgehead atoms. The molecule has 1 atom stereocenters. The highest BCUT2D eigenvalue weighted by Crippen LogP contribution is 2.22. The van der Waals surface area contributed by atoms with Gasteiger partial charge in [-0.15, -0.1) is 0 Å². The SMILES string of the molecule is CC(C)C[C@@H]1NCCN(CC(=O)N2CCC(Cc3ccccc3)CC2)C1=O. The summed E-state index contributed by atoms with van der Waals surface area (Å²) in [5.41, 5.74) is 1.38. The second kappa shape index (κ2) is 9.36. The van der Waals surface area contributed by atoms with Gasteiger partial charge in [0.25, 0.3) is 0 Å². The third kappa shape index (κ3) is 5.55. The molecule has 0 aromatic heterocycles. The maximum atomic E-state index is 12.7. The van der Waals surface area contributed by atoms with Crippen molar-refractivity contribution < 1.29 is 9.59 Å². The van der Waals surface area contributed by atoms with Crippen LogP contribution in [0.3, 0.4) is 0 Å². The standard InChI is InChI=1S/C22H33N3O2/c1-17(2)14-20-22(27)25(13-10-23-20)16-21(26)24-11-8-19(9-12-24)15-18-6-4-3-5-7-18/h3-7,17,19-20,23H,8-16H2,1-2H3/t20-/m0/s1. The van der Waals surface area contributed by atoms with E-state index in [1.165, 1.54) is 5.56 Å². The first-order chi connectivity index (χ1) is 13.0. The van der Waals surface area contributed by atoms with Crippen molar-refractivity contribution >= 4 is 11.8 Å². The fraction of sp³-hybridized carbons (Fsp3) is 0.636. The average molecular weight is 372 g/mol. The van der Waals surface area contributed by atoms with Gasteiger partial charge in [0.05, 0.1) is 12.6 Å². The molecule has 1 N–H and O–H groups in total. The van der Waals surface area contributed by atoms with E-state index in [2.05, 4.69) is 43.4 Å². The first-order valence-corrected chi connectivity index (χ1v) is 10.4. The Labute approximate surface area is 163 Å². The number of nitrogens with one attached hydrogen (secondary N) is 1. The summed E-state index contributed by atoms with van der Waals surface area (Å²) < 4.78 is 0. The Morgan fingerprint density at radius 2 is 1.85 bits per heavy atom. The van der Waals surface area contributed by atoms with E-state index >= 15 is 0 Å². The first kappa shape index (κ1) is 19.9. The van der Waals surface area contributed by atoms with Gasteiger partial charge in [0, 0.05) is 26.2 Å². The minimum atomic E-state index is -0.136. The fourth-order valence-corrected chi connectivity index (χ4v) is 4.20. The van der Waals surface area contributed by atoms with Crippen LogP contribution >= 0.6 is 0 Å². The average Bonchev–Trinajstić information content (AvgIpc) is 2.66. The quantitative estimate of drug-likeness (QED) is 0.835. The van der Waals surface area contributed by atoms with Gasteiger partial charge in [0.1, 0.15) is 0 Å². The highest BCUT2D eigenvalue weighted by atomic mass is 16.2. The maximum absolute atomic E-state index is 12.7. The summed E-state index contributed by atoms with van der Waals surface area (Å²) in [5, 5.41) is 3.30. The Morgan fingerprint density at radius 1 is 1.15 bits per heavy atom. The lowest BCUT2D eigenvalue weighted by Crippen LogP contribution is -2.57. The molecule has 0 radical (unpaired) electrons. The van der Waals surface area contributed by atoms with Gasteiger partial charge in [-0.25, -0.2) is 0 Å². The minimum absolute atomic E-state index is 0.0854. The minimum Gasteiger partial charge on any atom is -0.341 e. The van der Waals surface area contributed by atoms with E-state index in [1.807, 2.05) is 11.0 Å². The van der Waals surface area contributed by atoms with Crippen LogP contribution < -0.4 is 5.32 Å². The molecule has 0 saturated carbocycles. The number of likely N-dealkylation sites (tertiary alicyclic amines) is 1. The Morgan fingerprint density at radius 3 is 2.52 bits per heavy atom. The zero-order valence-corrected chi connectivity index (χ0v) is 16.7. The molecule has 2 aliphatic rings. The van der Waals surface area contributed by atoms with Crippen LogP contribution in [0, 0.1) is 11.8 Å². The third-order valence-corrected chi connectivity index (χ3v) is 5.75. The Bertz CT molecular complexity index is 624. The monoisotopic (exact) mass is 371 g/mol. The van der Waals surface area contributed by atoms with Crippen molar-refractivity contribution in [3.63, 3.8) is 0 Å². The van der Waals surface area contributed by atoms with Crippen LogP contribution in [0.2, 0.25) is 0 Å². The van der Waals surface area contributed by atoms with Crippen molar-refractivity contribution in [2.75, 3.05) is 32.7 Å². The lowest BCUT2D eigenvalue weighted by atomic mass is 9.90. The molecule has 1 aromatic carbocycles. The Hall–Kier alpha value is -1.88. The first-order valence-electron chi connectivity index (χ1n) is 10.4. The molecule has 2 aliphatic heterocycles. The molecule has 2 saturated heterocycles. The highest BCUT2D eigenvalue weighted by Gasteiger charge is 2.31. The summed E-state index contributed by atoms with van der Waals surface area (Å²) in [6.07, 6.45) is 4.02. The molecule has 5 heteroatoms. The topological polar surface area (TPSA) is 52.7 Å². The third-order valence-electron chi connectivity index (χ3n) is 5.75. The number of piperidine rings is 1. The van der Waals surface area contributed by atoms with Crippen LogP contribution in [0.15, 0.2) is 30.3 Å². The van der Waals surface area contributed by atoms with Crippen molar-refractivity contribution in [1.29, 1.82) is 0 Å². The van der Waals surface area contributed by atoms with Gasteiger partial charge in [-0.2, -0.15) is 0 Å². The van der Waals surface area contributed by atoms with Crippen LogP contribution in [0.25, 0.3) is 0 Å². The molecule has 2 amide bonds. The van der Waals surface area contributed by atoms with Crippen LogP contribution in [-0.2, 0) is 16.0 Å². The summed E-state index contributed by atoms with van der Waals surface area (Å²) in [4.78, 5) is 29.0. The van der Waals surface area contributed by atoms with E-state index < -0.39 is 0 Å². The predicted octanol–water partition coefficient (Wildman–Crippen LogP) is 2.31. The van der Waals surface area contributed by atoms with Crippen molar-refractivity contribution in [3.05, 3.63) is 35.9 Å². The highest BCUT2D eigenvalue weighted by molar-refractivity contribution is 5.88. The second-order valence-electron chi connectivity index (χ2n) is 8.41. The van der Waals surface area contributed by atoms with Crippen molar-refractivity contribution in [3.8, 4) is 0 Å². The van der Waals surface area contributed by atoms with E-state index in [4.69, 9.17) is 0 Å². The zero-order valence-electron chi connectivity index (χ0n) is 16.7. The number of rotatable bonds is 6. The Balaban J connectivity index is 1.46. The summed E-state index contributed by atoms with van der Waals surface area (Å²) in [6, 6.07) is 10.5. The number of hydrogen-bond acceptors (Lipinski definition) is 3. The molecule has 0 unspecified atom stereocenters. The summed E-state index contributed by atoms with van der Waals surface area (Å²) in [6.45, 7) is 7.51. The zero-order chi connectivity index (χ0) is 19.2. The summed E-state index contributed by atoms with van der Waals surface area (Å²) in [7, 11) is 0. The smallest absolute Gasteiger partial charge is 0.242 e. The number of benzene rings is 1. The van der Waals surface area contributed by atoms with E-state index in [0.29, 0.717) is 18.4 Å². The molecule has 0 spiro atoms. The lowest BCUT2D eigenvalue weighted by molar-refractivity contribution is -0.144. The number of amides is 2. The number of piperazine rings is 1. The van der Waals surface area contributed by atoms with E-state index in [9.17, 15) is 9.59 Å². The number of hydrogen-bond donors (Lipinski definition) is 1. The number of carbonyl (C=O) groups is 2. The fourth-order valence-electron chi connectivity index (χ4n) is 4.20. The molecule has 2 fully saturated rings. The van der Waals surface area contributed by atoms with Crippen LogP contribution in [0.5, 0.6) is 0 Å². The second-order valence-corrected chi connectivity index (χ2v) is 8.41. The summed E-state index contributed by atoms with van der Waals surface area (Å²) in [5.74, 6) is 1.30. The van der Waals surface area contributed by atoms with Crippen LogP contribution in [-0.4, -0.2) is 60.4 Å². The van der Waals surface area contributed by atoms with Crippen molar-refractivity contribution in [1.82, 2.24) is 15.1 Å². The normalized spacial score (nSPS) is 21.7. The van der Waals surface area contributed by atoms with E-state index in [0.717, 1.165) is 45.3 Å². The predicted molar refractivity (Wildman–Crippen MR) is 107 cm³/mol. The largest absolute Gasteiger partial charge is 0.341 e. The van der Waals surface area contributed by atoms with Crippen molar-refractivity contribution in [2.45, 2.75) is 45.6 Å². The molecule has 0 aliphatic carbocycles. The maximum Gasteiger partial charge on any atom is 0.242 e. The Kier molecular flexibility index (Phi) is 6.89. The van der Waals surface area contributed by atoms with Gasteiger partial charge in [0.2, 0.25) is 11.8 Å². The van der Waals surface area contributed by atoms with Gasteiger partial charge in [0.15, 0.2) is 0 Å². The molecule has 27 heavy (non-hydrogen) atoms. The molecular formula is C22H33N3O2. The summed E-state index contributed by atoms with van der Waals surface area (Å²) >= 11 is 0. The number of carbonyl (C=O) groups excluding carboxylic acids is 2. The van der Waals surface area contributed by atoms with E-state index in [-0.39, 0.29) is 24.4 Å². The van der Waals surface area contributed by atoms with Gasteiger partial charge in [-0.1, -0.05) is 44.2 Å². The van der Waals surface area contributed by atoms with Gasteiger partial charge in [-0.3, -0.25) is 9.59 Å². The van der Waals surface area contributed by atoms with Crippen LogP contribution in [0.1, 0.15) is 38.7 Å².